The Morgan fingerprint density at radius 1 is 1.24 bits per heavy atom. The zero-order chi connectivity index (χ0) is 17.4. The zero-order valence-corrected chi connectivity index (χ0v) is 17.3. The molecule has 0 aliphatic heterocycles. The van der Waals surface area contributed by atoms with Gasteiger partial charge in [-0.05, 0) is 29.1 Å². The molecule has 0 radical (unpaired) electrons. The van der Waals surface area contributed by atoms with Crippen molar-refractivity contribution in [3.63, 3.8) is 0 Å². The van der Waals surface area contributed by atoms with E-state index in [4.69, 9.17) is 0 Å². The van der Waals surface area contributed by atoms with Crippen molar-refractivity contribution in [2.75, 3.05) is 20.6 Å². The fraction of sp³-hybridized carbons (Fsp3) is 0.294. The van der Waals surface area contributed by atoms with E-state index in [0.29, 0.717) is 19.0 Å². The minimum absolute atomic E-state index is 0. The fourth-order valence-electron chi connectivity index (χ4n) is 1.88. The number of hydrogen-bond acceptors (Lipinski definition) is 3. The molecule has 136 valence electrons. The van der Waals surface area contributed by atoms with Crippen molar-refractivity contribution in [1.29, 1.82) is 0 Å². The largest absolute Gasteiger partial charge is 0.351 e. The second kappa shape index (κ2) is 11.0. The first-order valence-electron chi connectivity index (χ1n) is 7.54. The Kier molecular flexibility index (Phi) is 9.43. The van der Waals surface area contributed by atoms with E-state index in [1.165, 1.54) is 17.0 Å². The van der Waals surface area contributed by atoms with E-state index in [2.05, 4.69) is 15.6 Å². The SMILES string of the molecule is CN(C)C(=O)CNC(=NCc1cccc(F)c1)NCc1cccs1.I. The molecule has 0 saturated carbocycles. The molecule has 8 heteroatoms. The molecule has 0 aliphatic carbocycles. The molecule has 0 fully saturated rings. The van der Waals surface area contributed by atoms with Gasteiger partial charge in [0.15, 0.2) is 5.96 Å². The van der Waals surface area contributed by atoms with Gasteiger partial charge in [0.1, 0.15) is 5.82 Å². The first-order chi connectivity index (χ1) is 11.5. The van der Waals surface area contributed by atoms with Crippen molar-refractivity contribution >= 4 is 47.2 Å². The predicted octanol–water partition coefficient (Wildman–Crippen LogP) is 2.83. The Morgan fingerprint density at radius 2 is 2.04 bits per heavy atom. The molecule has 1 amide bonds. The summed E-state index contributed by atoms with van der Waals surface area (Å²) in [5.41, 5.74) is 0.770. The average molecular weight is 476 g/mol. The molecule has 0 atom stereocenters. The van der Waals surface area contributed by atoms with Crippen LogP contribution in [0.15, 0.2) is 46.8 Å². The maximum absolute atomic E-state index is 13.2. The van der Waals surface area contributed by atoms with E-state index in [1.54, 1.807) is 31.5 Å². The molecular formula is C17H22FIN4OS. The number of nitrogens with zero attached hydrogens (tertiary/aromatic N) is 2. The van der Waals surface area contributed by atoms with Gasteiger partial charge in [0, 0.05) is 19.0 Å². The summed E-state index contributed by atoms with van der Waals surface area (Å²) in [6.07, 6.45) is 0. The van der Waals surface area contributed by atoms with Gasteiger partial charge in [-0.15, -0.1) is 35.3 Å². The predicted molar refractivity (Wildman–Crippen MR) is 111 cm³/mol. The molecule has 2 rings (SSSR count). The van der Waals surface area contributed by atoms with Crippen molar-refractivity contribution in [3.8, 4) is 0 Å². The number of carbonyl (C=O) groups excluding carboxylic acids is 1. The first kappa shape index (κ1) is 21.4. The van der Waals surface area contributed by atoms with Crippen LogP contribution in [0.3, 0.4) is 0 Å². The van der Waals surface area contributed by atoms with Crippen LogP contribution >= 0.6 is 35.3 Å². The molecule has 0 bridgehead atoms. The number of guanidine groups is 1. The van der Waals surface area contributed by atoms with E-state index < -0.39 is 0 Å². The summed E-state index contributed by atoms with van der Waals surface area (Å²) in [5, 5.41) is 8.20. The number of aliphatic imine (C=N–C) groups is 1. The zero-order valence-electron chi connectivity index (χ0n) is 14.2. The number of amides is 1. The van der Waals surface area contributed by atoms with Crippen LogP contribution in [-0.2, 0) is 17.9 Å². The number of carbonyl (C=O) groups is 1. The molecule has 2 aromatic rings. The molecule has 0 aliphatic rings. The van der Waals surface area contributed by atoms with Crippen molar-refractivity contribution in [1.82, 2.24) is 15.5 Å². The quantitative estimate of drug-likeness (QED) is 0.383. The van der Waals surface area contributed by atoms with E-state index >= 15 is 0 Å². The smallest absolute Gasteiger partial charge is 0.241 e. The summed E-state index contributed by atoms with van der Waals surface area (Å²) in [4.78, 5) is 18.8. The normalized spacial score (nSPS) is 10.8. The monoisotopic (exact) mass is 476 g/mol. The van der Waals surface area contributed by atoms with Crippen LogP contribution in [0, 0.1) is 5.82 Å². The third kappa shape index (κ3) is 7.82. The number of rotatable bonds is 6. The summed E-state index contributed by atoms with van der Waals surface area (Å²) >= 11 is 1.64. The number of likely N-dealkylation sites (N-methyl/N-ethyl adjacent to an activating group) is 1. The summed E-state index contributed by atoms with van der Waals surface area (Å²) in [7, 11) is 3.40. The standard InChI is InChI=1S/C17H21FN4OS.HI/c1-22(2)16(23)12-21-17(20-11-15-7-4-8-24-15)19-10-13-5-3-6-14(18)9-13;/h3-9H,10-12H2,1-2H3,(H2,19,20,21);1H. The highest BCUT2D eigenvalue weighted by atomic mass is 127. The Bertz CT molecular complexity index is 692. The maximum atomic E-state index is 13.2. The maximum Gasteiger partial charge on any atom is 0.241 e. The summed E-state index contributed by atoms with van der Waals surface area (Å²) in [5.74, 6) is 0.181. The third-order valence-electron chi connectivity index (χ3n) is 3.22. The minimum atomic E-state index is -0.286. The van der Waals surface area contributed by atoms with Crippen molar-refractivity contribution in [2.24, 2.45) is 4.99 Å². The molecule has 5 nitrogen and oxygen atoms in total. The lowest BCUT2D eigenvalue weighted by atomic mass is 10.2. The number of thiophene rings is 1. The molecule has 25 heavy (non-hydrogen) atoms. The van der Waals surface area contributed by atoms with E-state index in [1.807, 2.05) is 23.6 Å². The lowest BCUT2D eigenvalue weighted by Gasteiger charge is -2.14. The molecule has 2 N–H and O–H groups in total. The Balaban J connectivity index is 0.00000312. The molecule has 1 aromatic heterocycles. The van der Waals surface area contributed by atoms with E-state index in [9.17, 15) is 9.18 Å². The van der Waals surface area contributed by atoms with Crippen LogP contribution in [0.25, 0.3) is 0 Å². The van der Waals surface area contributed by atoms with Gasteiger partial charge in [0.25, 0.3) is 0 Å². The summed E-state index contributed by atoms with van der Waals surface area (Å²) in [6.45, 7) is 1.09. The summed E-state index contributed by atoms with van der Waals surface area (Å²) in [6, 6.07) is 10.3. The highest BCUT2D eigenvalue weighted by molar-refractivity contribution is 14.0. The molecule has 1 heterocycles. The fourth-order valence-corrected chi connectivity index (χ4v) is 2.53. The van der Waals surface area contributed by atoms with Crippen LogP contribution in [0.5, 0.6) is 0 Å². The van der Waals surface area contributed by atoms with Gasteiger partial charge in [-0.2, -0.15) is 0 Å². The first-order valence-corrected chi connectivity index (χ1v) is 8.41. The molecule has 0 unspecified atom stereocenters. The van der Waals surface area contributed by atoms with Gasteiger partial charge in [0.2, 0.25) is 5.91 Å². The Hall–Kier alpha value is -1.68. The van der Waals surface area contributed by atoms with Gasteiger partial charge in [-0.25, -0.2) is 9.38 Å². The molecule has 0 spiro atoms. The van der Waals surface area contributed by atoms with Gasteiger partial charge >= 0.3 is 0 Å². The number of benzene rings is 1. The molecular weight excluding hydrogens is 454 g/mol. The lowest BCUT2D eigenvalue weighted by molar-refractivity contribution is -0.127. The van der Waals surface area contributed by atoms with Gasteiger partial charge < -0.3 is 15.5 Å². The topological polar surface area (TPSA) is 56.7 Å². The van der Waals surface area contributed by atoms with Crippen LogP contribution in [0.2, 0.25) is 0 Å². The minimum Gasteiger partial charge on any atom is -0.351 e. The Labute approximate surface area is 168 Å². The van der Waals surface area contributed by atoms with E-state index in [0.717, 1.165) is 10.4 Å². The molecule has 0 saturated heterocycles. The number of hydrogen-bond donors (Lipinski definition) is 2. The van der Waals surface area contributed by atoms with Gasteiger partial charge in [0.05, 0.1) is 19.6 Å². The number of nitrogens with one attached hydrogen (secondary N) is 2. The second-order valence-electron chi connectivity index (χ2n) is 5.37. The van der Waals surface area contributed by atoms with Crippen molar-refractivity contribution in [3.05, 3.63) is 58.0 Å². The van der Waals surface area contributed by atoms with Crippen LogP contribution < -0.4 is 10.6 Å². The third-order valence-corrected chi connectivity index (χ3v) is 4.10. The van der Waals surface area contributed by atoms with Crippen LogP contribution in [0.4, 0.5) is 4.39 Å². The Morgan fingerprint density at radius 3 is 2.68 bits per heavy atom. The number of halogens is 2. The molecule has 1 aromatic carbocycles. The highest BCUT2D eigenvalue weighted by Gasteiger charge is 2.06. The van der Waals surface area contributed by atoms with Crippen LogP contribution in [-0.4, -0.2) is 37.4 Å². The van der Waals surface area contributed by atoms with Crippen molar-refractivity contribution < 1.29 is 9.18 Å². The van der Waals surface area contributed by atoms with Crippen molar-refractivity contribution in [2.45, 2.75) is 13.1 Å². The highest BCUT2D eigenvalue weighted by Crippen LogP contribution is 2.08. The van der Waals surface area contributed by atoms with Crippen LogP contribution in [0.1, 0.15) is 10.4 Å². The average Bonchev–Trinajstić information content (AvgIpc) is 3.07. The van der Waals surface area contributed by atoms with Gasteiger partial charge in [-0.3, -0.25) is 4.79 Å². The van der Waals surface area contributed by atoms with Gasteiger partial charge in [-0.1, -0.05) is 18.2 Å². The lowest BCUT2D eigenvalue weighted by Crippen LogP contribution is -2.42. The summed E-state index contributed by atoms with van der Waals surface area (Å²) < 4.78 is 13.2. The van der Waals surface area contributed by atoms with E-state index in [-0.39, 0.29) is 42.2 Å². The second-order valence-corrected chi connectivity index (χ2v) is 6.40.